The molecule has 0 spiro atoms. The van der Waals surface area contributed by atoms with Gasteiger partial charge in [0, 0.05) is 16.8 Å². The average molecular weight is 289 g/mol. The van der Waals surface area contributed by atoms with Crippen LogP contribution in [0.1, 0.15) is 42.2 Å². The zero-order valence-corrected chi connectivity index (χ0v) is 12.5. The number of hydrogen-bond donors (Lipinski definition) is 2. The molecule has 2 heterocycles. The van der Waals surface area contributed by atoms with Gasteiger partial charge in [-0.3, -0.25) is 4.79 Å². The predicted octanol–water partition coefficient (Wildman–Crippen LogP) is 2.44. The first-order valence-corrected chi connectivity index (χ1v) is 8.09. The van der Waals surface area contributed by atoms with Gasteiger partial charge in [0.05, 0.1) is 5.56 Å². The Hall–Kier alpha value is -1.38. The van der Waals surface area contributed by atoms with Crippen LogP contribution in [0.3, 0.4) is 0 Å². The van der Waals surface area contributed by atoms with Crippen LogP contribution in [0.25, 0.3) is 0 Å². The molecule has 1 fully saturated rings. The Bertz CT molecular complexity index is 572. The minimum absolute atomic E-state index is 0.0646. The summed E-state index contributed by atoms with van der Waals surface area (Å²) in [5, 5.41) is 16.5. The number of fused-ring (bicyclic) bond motifs is 1. The molecule has 1 aliphatic heterocycles. The van der Waals surface area contributed by atoms with Crippen molar-refractivity contribution in [2.45, 2.75) is 45.1 Å². The van der Waals surface area contributed by atoms with Gasteiger partial charge in [-0.25, -0.2) is 0 Å². The predicted molar refractivity (Wildman–Crippen MR) is 79.9 cm³/mol. The third-order valence-electron chi connectivity index (χ3n) is 4.26. The van der Waals surface area contributed by atoms with Crippen LogP contribution in [0, 0.1) is 17.2 Å². The van der Waals surface area contributed by atoms with Crippen molar-refractivity contribution in [1.82, 2.24) is 5.32 Å². The SMILES string of the molecule is CC1CC(C(=O)Nc2sc3c(c2C#N)CCC3)CCN1. The van der Waals surface area contributed by atoms with Crippen LogP contribution in [0.15, 0.2) is 0 Å². The van der Waals surface area contributed by atoms with Crippen molar-refractivity contribution in [1.29, 1.82) is 5.26 Å². The second-order valence-electron chi connectivity index (χ2n) is 5.74. The summed E-state index contributed by atoms with van der Waals surface area (Å²) in [6.45, 7) is 3.01. The van der Waals surface area contributed by atoms with Crippen molar-refractivity contribution >= 4 is 22.2 Å². The number of anilines is 1. The zero-order chi connectivity index (χ0) is 14.1. The summed E-state index contributed by atoms with van der Waals surface area (Å²) in [5.74, 6) is 0.143. The molecule has 1 aromatic heterocycles. The Morgan fingerprint density at radius 2 is 2.35 bits per heavy atom. The van der Waals surface area contributed by atoms with Crippen molar-refractivity contribution < 1.29 is 4.79 Å². The van der Waals surface area contributed by atoms with E-state index in [9.17, 15) is 10.1 Å². The summed E-state index contributed by atoms with van der Waals surface area (Å²) in [4.78, 5) is 13.7. The van der Waals surface area contributed by atoms with E-state index in [1.54, 1.807) is 11.3 Å². The summed E-state index contributed by atoms with van der Waals surface area (Å²) in [7, 11) is 0. The molecule has 2 aliphatic rings. The van der Waals surface area contributed by atoms with E-state index in [1.807, 2.05) is 0 Å². The molecule has 5 heteroatoms. The highest BCUT2D eigenvalue weighted by atomic mass is 32.1. The van der Waals surface area contributed by atoms with E-state index in [0.29, 0.717) is 11.6 Å². The van der Waals surface area contributed by atoms with Gasteiger partial charge in [0.1, 0.15) is 11.1 Å². The number of nitrogens with zero attached hydrogens (tertiary/aromatic N) is 1. The molecule has 0 aromatic carbocycles. The summed E-state index contributed by atoms with van der Waals surface area (Å²) in [6.07, 6.45) is 4.92. The molecule has 3 rings (SSSR count). The molecule has 0 radical (unpaired) electrons. The fraction of sp³-hybridized carbons (Fsp3) is 0.600. The van der Waals surface area contributed by atoms with E-state index in [-0.39, 0.29) is 11.8 Å². The van der Waals surface area contributed by atoms with Gasteiger partial charge in [-0.1, -0.05) is 0 Å². The Morgan fingerprint density at radius 3 is 3.10 bits per heavy atom. The highest BCUT2D eigenvalue weighted by Crippen LogP contribution is 2.38. The largest absolute Gasteiger partial charge is 0.316 e. The number of rotatable bonds is 2. The maximum atomic E-state index is 12.4. The smallest absolute Gasteiger partial charge is 0.228 e. The van der Waals surface area contributed by atoms with E-state index in [2.05, 4.69) is 23.6 Å². The maximum absolute atomic E-state index is 12.4. The molecule has 0 saturated carbocycles. The number of nitrogens with one attached hydrogen (secondary N) is 2. The second-order valence-corrected chi connectivity index (χ2v) is 6.84. The van der Waals surface area contributed by atoms with E-state index in [4.69, 9.17) is 0 Å². The standard InChI is InChI=1S/C15H19N3OS/c1-9-7-10(5-6-17-9)14(19)18-15-12(8-16)11-3-2-4-13(11)20-15/h9-10,17H,2-7H2,1H3,(H,18,19). The lowest BCUT2D eigenvalue weighted by Crippen LogP contribution is -2.40. The first kappa shape index (κ1) is 13.6. The fourth-order valence-electron chi connectivity index (χ4n) is 3.19. The Morgan fingerprint density at radius 1 is 1.50 bits per heavy atom. The minimum atomic E-state index is 0.0646. The monoisotopic (exact) mass is 289 g/mol. The highest BCUT2D eigenvalue weighted by molar-refractivity contribution is 7.16. The van der Waals surface area contributed by atoms with Gasteiger partial charge in [-0.2, -0.15) is 5.26 Å². The summed E-state index contributed by atoms with van der Waals surface area (Å²) in [6, 6.07) is 2.67. The maximum Gasteiger partial charge on any atom is 0.228 e. The van der Waals surface area contributed by atoms with Gasteiger partial charge < -0.3 is 10.6 Å². The molecule has 1 amide bonds. The van der Waals surface area contributed by atoms with E-state index in [1.165, 1.54) is 10.4 Å². The molecule has 2 unspecified atom stereocenters. The number of piperidine rings is 1. The zero-order valence-electron chi connectivity index (χ0n) is 11.7. The molecule has 1 aliphatic carbocycles. The van der Waals surface area contributed by atoms with Crippen molar-refractivity contribution in [3.8, 4) is 6.07 Å². The van der Waals surface area contributed by atoms with Crippen LogP contribution >= 0.6 is 11.3 Å². The molecular formula is C15H19N3OS. The van der Waals surface area contributed by atoms with Gasteiger partial charge in [0.2, 0.25) is 5.91 Å². The van der Waals surface area contributed by atoms with Crippen LogP contribution in [-0.2, 0) is 17.6 Å². The minimum Gasteiger partial charge on any atom is -0.316 e. The van der Waals surface area contributed by atoms with E-state index >= 15 is 0 Å². The van der Waals surface area contributed by atoms with Crippen molar-refractivity contribution in [2.75, 3.05) is 11.9 Å². The first-order chi connectivity index (χ1) is 9.69. The molecule has 2 N–H and O–H groups in total. The normalized spacial score (nSPS) is 25.0. The quantitative estimate of drug-likeness (QED) is 0.879. The van der Waals surface area contributed by atoms with Gasteiger partial charge in [0.25, 0.3) is 0 Å². The Kier molecular flexibility index (Phi) is 3.77. The lowest BCUT2D eigenvalue weighted by molar-refractivity contribution is -0.120. The number of thiophene rings is 1. The fourth-order valence-corrected chi connectivity index (χ4v) is 4.44. The van der Waals surface area contributed by atoms with Crippen LogP contribution < -0.4 is 10.6 Å². The van der Waals surface area contributed by atoms with Gasteiger partial charge in [0.15, 0.2) is 0 Å². The third kappa shape index (κ3) is 2.46. The number of carbonyl (C=O) groups excluding carboxylic acids is 1. The summed E-state index contributed by atoms with van der Waals surface area (Å²) in [5.41, 5.74) is 1.88. The first-order valence-electron chi connectivity index (χ1n) is 7.28. The molecular weight excluding hydrogens is 270 g/mol. The summed E-state index contributed by atoms with van der Waals surface area (Å²) >= 11 is 1.60. The molecule has 106 valence electrons. The van der Waals surface area contributed by atoms with Crippen LogP contribution in [0.2, 0.25) is 0 Å². The topological polar surface area (TPSA) is 64.9 Å². The lowest BCUT2D eigenvalue weighted by atomic mass is 9.92. The van der Waals surface area contributed by atoms with Crippen molar-refractivity contribution in [3.05, 3.63) is 16.0 Å². The molecule has 20 heavy (non-hydrogen) atoms. The van der Waals surface area contributed by atoms with Crippen molar-refractivity contribution in [3.63, 3.8) is 0 Å². The van der Waals surface area contributed by atoms with E-state index in [0.717, 1.165) is 43.6 Å². The molecule has 1 saturated heterocycles. The van der Waals surface area contributed by atoms with Crippen LogP contribution in [0.4, 0.5) is 5.00 Å². The van der Waals surface area contributed by atoms with Gasteiger partial charge in [-0.15, -0.1) is 11.3 Å². The van der Waals surface area contributed by atoms with Crippen LogP contribution in [0.5, 0.6) is 0 Å². The number of nitriles is 1. The van der Waals surface area contributed by atoms with Gasteiger partial charge >= 0.3 is 0 Å². The van der Waals surface area contributed by atoms with Crippen LogP contribution in [-0.4, -0.2) is 18.5 Å². The van der Waals surface area contributed by atoms with Crippen molar-refractivity contribution in [2.24, 2.45) is 5.92 Å². The molecule has 4 nitrogen and oxygen atoms in total. The molecule has 1 aromatic rings. The Labute approximate surface area is 123 Å². The van der Waals surface area contributed by atoms with E-state index < -0.39 is 0 Å². The average Bonchev–Trinajstić information content (AvgIpc) is 2.98. The van der Waals surface area contributed by atoms with Gasteiger partial charge in [-0.05, 0) is 51.1 Å². The summed E-state index contributed by atoms with van der Waals surface area (Å²) < 4.78 is 0. The lowest BCUT2D eigenvalue weighted by Gasteiger charge is -2.26. The number of amides is 1. The molecule has 0 bridgehead atoms. The highest BCUT2D eigenvalue weighted by Gasteiger charge is 2.28. The number of hydrogen-bond acceptors (Lipinski definition) is 4. The second kappa shape index (κ2) is 5.55. The number of aryl methyl sites for hydroxylation is 1. The Balaban J connectivity index is 1.75. The molecule has 2 atom stereocenters. The number of carbonyl (C=O) groups is 1. The third-order valence-corrected chi connectivity index (χ3v) is 5.47.